The van der Waals surface area contributed by atoms with Crippen molar-refractivity contribution in [2.45, 2.75) is 50.7 Å². The Balaban J connectivity index is 1.61. The molecule has 0 amide bonds. The molecule has 4 heterocycles. The summed E-state index contributed by atoms with van der Waals surface area (Å²) in [5, 5.41) is 12.2. The number of halogens is 3. The third-order valence-electron chi connectivity index (χ3n) is 6.50. The zero-order valence-corrected chi connectivity index (χ0v) is 18.3. The van der Waals surface area contributed by atoms with Crippen LogP contribution in [0.1, 0.15) is 49.7 Å². The molecule has 9 heteroatoms. The van der Waals surface area contributed by atoms with Crippen LogP contribution in [0.25, 0.3) is 0 Å². The van der Waals surface area contributed by atoms with Crippen LogP contribution in [-0.4, -0.2) is 58.8 Å². The Morgan fingerprint density at radius 2 is 1.88 bits per heavy atom. The maximum absolute atomic E-state index is 13.1. The summed E-state index contributed by atoms with van der Waals surface area (Å²) in [5.41, 5.74) is 0.406. The van der Waals surface area contributed by atoms with Gasteiger partial charge in [0.15, 0.2) is 0 Å². The highest BCUT2D eigenvalue weighted by atomic mass is 19.4. The zero-order chi connectivity index (χ0) is 22.7. The number of pyridine rings is 2. The lowest BCUT2D eigenvalue weighted by molar-refractivity contribution is -0.137. The first-order valence-corrected chi connectivity index (χ1v) is 11.3. The minimum atomic E-state index is -4.42. The number of anilines is 3. The fourth-order valence-corrected chi connectivity index (χ4v) is 4.69. The van der Waals surface area contributed by atoms with E-state index in [1.165, 1.54) is 0 Å². The van der Waals surface area contributed by atoms with Crippen molar-refractivity contribution in [2.75, 3.05) is 43.0 Å². The molecule has 1 atom stereocenters. The summed E-state index contributed by atoms with van der Waals surface area (Å²) in [4.78, 5) is 13.3. The Morgan fingerprint density at radius 3 is 2.53 bits per heavy atom. The highest BCUT2D eigenvalue weighted by Gasteiger charge is 2.31. The Bertz CT molecular complexity index is 915. The fraction of sp³-hybridized carbons (Fsp3) is 0.565. The van der Waals surface area contributed by atoms with Crippen molar-refractivity contribution in [1.82, 2.24) is 14.9 Å². The lowest BCUT2D eigenvalue weighted by atomic mass is 9.89. The van der Waals surface area contributed by atoms with Crippen molar-refractivity contribution in [2.24, 2.45) is 0 Å². The van der Waals surface area contributed by atoms with E-state index in [4.69, 9.17) is 4.98 Å². The van der Waals surface area contributed by atoms with Crippen LogP contribution >= 0.6 is 0 Å². The Hall–Kier alpha value is -2.39. The molecule has 2 fully saturated rings. The maximum atomic E-state index is 13.1. The molecule has 0 aliphatic carbocycles. The van der Waals surface area contributed by atoms with Crippen LogP contribution in [0.15, 0.2) is 30.5 Å². The SMILES string of the molecule is CC1CCCN1c1cc(C2CCN(CCO)CC2)cc(Nc2cc(C(F)(F)F)ccn2)n1. The van der Waals surface area contributed by atoms with E-state index in [2.05, 4.69) is 33.1 Å². The molecule has 0 bridgehead atoms. The first kappa shape index (κ1) is 22.8. The molecular formula is C23H30F3N5O. The molecule has 174 valence electrons. The molecule has 2 saturated heterocycles. The van der Waals surface area contributed by atoms with Crippen molar-refractivity contribution in [1.29, 1.82) is 0 Å². The normalized spacial score (nSPS) is 20.7. The van der Waals surface area contributed by atoms with Gasteiger partial charge in [-0.3, -0.25) is 0 Å². The van der Waals surface area contributed by atoms with Gasteiger partial charge in [0.25, 0.3) is 0 Å². The van der Waals surface area contributed by atoms with Gasteiger partial charge in [-0.15, -0.1) is 0 Å². The van der Waals surface area contributed by atoms with E-state index in [0.29, 0.717) is 24.3 Å². The minimum Gasteiger partial charge on any atom is -0.395 e. The monoisotopic (exact) mass is 449 g/mol. The second-order valence-electron chi connectivity index (χ2n) is 8.72. The number of likely N-dealkylation sites (tertiary alicyclic amines) is 1. The summed E-state index contributed by atoms with van der Waals surface area (Å²) < 4.78 is 39.3. The van der Waals surface area contributed by atoms with Crippen molar-refractivity contribution in [3.63, 3.8) is 0 Å². The molecule has 32 heavy (non-hydrogen) atoms. The molecule has 0 spiro atoms. The largest absolute Gasteiger partial charge is 0.416 e. The molecular weight excluding hydrogens is 419 g/mol. The van der Waals surface area contributed by atoms with E-state index in [1.807, 2.05) is 6.07 Å². The number of nitrogens with one attached hydrogen (secondary N) is 1. The fourth-order valence-electron chi connectivity index (χ4n) is 4.69. The number of piperidine rings is 1. The lowest BCUT2D eigenvalue weighted by Crippen LogP contribution is -2.35. The number of hydrogen-bond donors (Lipinski definition) is 2. The summed E-state index contributed by atoms with van der Waals surface area (Å²) in [7, 11) is 0. The van der Waals surface area contributed by atoms with Crippen LogP contribution < -0.4 is 10.2 Å². The van der Waals surface area contributed by atoms with E-state index in [1.54, 1.807) is 0 Å². The number of aromatic nitrogens is 2. The van der Waals surface area contributed by atoms with E-state index in [-0.39, 0.29) is 12.4 Å². The molecule has 0 aromatic carbocycles. The molecule has 2 aliphatic rings. The third-order valence-corrected chi connectivity index (χ3v) is 6.50. The van der Waals surface area contributed by atoms with Gasteiger partial charge in [-0.25, -0.2) is 9.97 Å². The van der Waals surface area contributed by atoms with E-state index in [9.17, 15) is 18.3 Å². The van der Waals surface area contributed by atoms with Crippen LogP contribution in [-0.2, 0) is 6.18 Å². The summed E-state index contributed by atoms with van der Waals surface area (Å²) in [5.74, 6) is 1.85. The van der Waals surface area contributed by atoms with Crippen molar-refractivity contribution in [3.05, 3.63) is 41.6 Å². The van der Waals surface area contributed by atoms with Gasteiger partial charge in [0.2, 0.25) is 0 Å². The Labute approximate surface area is 186 Å². The van der Waals surface area contributed by atoms with Crippen molar-refractivity contribution < 1.29 is 18.3 Å². The Morgan fingerprint density at radius 1 is 1.09 bits per heavy atom. The standard InChI is InChI=1S/C23H30F3N5O/c1-16-3-2-8-31(16)22-14-18(17-5-9-30(10-6-17)11-12-32)13-21(29-22)28-20-15-19(4-7-27-20)23(24,25)26/h4,7,13-17,32H,2-3,5-6,8-12H2,1H3,(H,27,28,29). The van der Waals surface area contributed by atoms with Gasteiger partial charge in [0, 0.05) is 25.3 Å². The van der Waals surface area contributed by atoms with Crippen LogP contribution in [0.4, 0.5) is 30.6 Å². The lowest BCUT2D eigenvalue weighted by Gasteiger charge is -2.32. The van der Waals surface area contributed by atoms with Crippen LogP contribution in [0, 0.1) is 0 Å². The Kier molecular flexibility index (Phi) is 6.85. The molecule has 0 saturated carbocycles. The van der Waals surface area contributed by atoms with E-state index in [0.717, 1.165) is 75.0 Å². The highest BCUT2D eigenvalue weighted by Crippen LogP contribution is 2.35. The van der Waals surface area contributed by atoms with E-state index < -0.39 is 11.7 Å². The second-order valence-corrected chi connectivity index (χ2v) is 8.72. The van der Waals surface area contributed by atoms with Gasteiger partial charge in [-0.1, -0.05) is 0 Å². The molecule has 4 rings (SSSR count). The van der Waals surface area contributed by atoms with Gasteiger partial charge in [0.1, 0.15) is 17.5 Å². The van der Waals surface area contributed by atoms with Gasteiger partial charge in [-0.2, -0.15) is 13.2 Å². The first-order valence-electron chi connectivity index (χ1n) is 11.3. The van der Waals surface area contributed by atoms with Crippen LogP contribution in [0.3, 0.4) is 0 Å². The van der Waals surface area contributed by atoms with Gasteiger partial charge < -0.3 is 20.2 Å². The number of rotatable bonds is 6. The molecule has 1 unspecified atom stereocenters. The van der Waals surface area contributed by atoms with Gasteiger partial charge in [0.05, 0.1) is 12.2 Å². The second kappa shape index (κ2) is 9.62. The van der Waals surface area contributed by atoms with Gasteiger partial charge >= 0.3 is 6.18 Å². The average Bonchev–Trinajstić information content (AvgIpc) is 3.20. The maximum Gasteiger partial charge on any atom is 0.416 e. The number of nitrogens with zero attached hydrogens (tertiary/aromatic N) is 4. The number of hydrogen-bond acceptors (Lipinski definition) is 6. The smallest absolute Gasteiger partial charge is 0.395 e. The van der Waals surface area contributed by atoms with Crippen LogP contribution in [0.2, 0.25) is 0 Å². The zero-order valence-electron chi connectivity index (χ0n) is 18.3. The third kappa shape index (κ3) is 5.32. The number of aliphatic hydroxyl groups excluding tert-OH is 1. The molecule has 0 radical (unpaired) electrons. The summed E-state index contributed by atoms with van der Waals surface area (Å²) in [6, 6.07) is 6.44. The quantitative estimate of drug-likeness (QED) is 0.682. The highest BCUT2D eigenvalue weighted by molar-refractivity contribution is 5.59. The molecule has 2 aromatic rings. The van der Waals surface area contributed by atoms with Crippen molar-refractivity contribution in [3.8, 4) is 0 Å². The van der Waals surface area contributed by atoms with Gasteiger partial charge in [-0.05, 0) is 81.4 Å². The predicted molar refractivity (Wildman–Crippen MR) is 118 cm³/mol. The number of aliphatic hydroxyl groups is 1. The molecule has 2 N–H and O–H groups in total. The molecule has 6 nitrogen and oxygen atoms in total. The summed E-state index contributed by atoms with van der Waals surface area (Å²) in [6.45, 7) is 5.79. The van der Waals surface area contributed by atoms with Crippen molar-refractivity contribution >= 4 is 17.5 Å². The number of β-amino-alcohol motifs (C(OH)–C–C–N with tert-alkyl or cyclic N) is 1. The minimum absolute atomic E-state index is 0.127. The van der Waals surface area contributed by atoms with Crippen LogP contribution in [0.5, 0.6) is 0 Å². The molecule has 2 aromatic heterocycles. The van der Waals surface area contributed by atoms with E-state index >= 15 is 0 Å². The predicted octanol–water partition coefficient (Wildman–Crippen LogP) is 4.40. The topological polar surface area (TPSA) is 64.5 Å². The summed E-state index contributed by atoms with van der Waals surface area (Å²) in [6.07, 6.45) is 0.886. The molecule has 2 aliphatic heterocycles. The summed E-state index contributed by atoms with van der Waals surface area (Å²) >= 11 is 0. The number of alkyl halides is 3. The first-order chi connectivity index (χ1) is 15.3. The average molecular weight is 450 g/mol.